The van der Waals surface area contributed by atoms with E-state index in [1.165, 1.54) is 54.8 Å². The Morgan fingerprint density at radius 1 is 0.921 bits per heavy atom. The Morgan fingerprint density at radius 3 is 2.18 bits per heavy atom. The lowest BCUT2D eigenvalue weighted by molar-refractivity contribution is -0.320. The zero-order valence-electron chi connectivity index (χ0n) is 20.2. The molecule has 4 aromatic rings. The number of halogens is 5. The van der Waals surface area contributed by atoms with E-state index < -0.39 is 35.3 Å². The number of aliphatic carboxylic acids is 1. The zero-order chi connectivity index (χ0) is 28.0. The van der Waals surface area contributed by atoms with E-state index in [0.29, 0.717) is 5.02 Å². The molecule has 0 bridgehead atoms. The molecule has 0 N–H and O–H groups in total. The second-order valence-electron chi connectivity index (χ2n) is 8.90. The molecule has 0 saturated carbocycles. The molecular formula is C27H19ClF4NO5-. The SMILES string of the molecule is Cc1c(C(=O)c2ccc(Cl)cc2)c2ccc(OC(F)(F)F)cc2n1-c1cc(F)cc(OC(C)(C)C(=O)[O-])c1. The van der Waals surface area contributed by atoms with E-state index in [-0.39, 0.29) is 39.2 Å². The Bertz CT molecular complexity index is 1560. The van der Waals surface area contributed by atoms with E-state index in [4.69, 9.17) is 16.3 Å². The van der Waals surface area contributed by atoms with Gasteiger partial charge in [0.2, 0.25) is 0 Å². The highest BCUT2D eigenvalue weighted by atomic mass is 35.5. The summed E-state index contributed by atoms with van der Waals surface area (Å²) in [6.07, 6.45) is -4.97. The lowest BCUT2D eigenvalue weighted by Gasteiger charge is -2.27. The molecule has 0 aliphatic carbocycles. The molecule has 0 fully saturated rings. The first-order valence-electron chi connectivity index (χ1n) is 11.1. The van der Waals surface area contributed by atoms with Gasteiger partial charge in [0.25, 0.3) is 0 Å². The third-order valence-corrected chi connectivity index (χ3v) is 5.97. The number of aromatic nitrogens is 1. The molecule has 198 valence electrons. The highest BCUT2D eigenvalue weighted by molar-refractivity contribution is 6.30. The maximum Gasteiger partial charge on any atom is 0.573 e. The number of ketones is 1. The highest BCUT2D eigenvalue weighted by Gasteiger charge is 2.32. The third kappa shape index (κ3) is 5.45. The summed E-state index contributed by atoms with van der Waals surface area (Å²) in [6, 6.07) is 12.8. The average molecular weight is 549 g/mol. The summed E-state index contributed by atoms with van der Waals surface area (Å²) in [7, 11) is 0. The number of carbonyl (C=O) groups is 2. The first kappa shape index (κ1) is 27.0. The van der Waals surface area contributed by atoms with Crippen LogP contribution in [-0.2, 0) is 4.79 Å². The van der Waals surface area contributed by atoms with Crippen LogP contribution in [0.4, 0.5) is 17.6 Å². The summed E-state index contributed by atoms with van der Waals surface area (Å²) in [4.78, 5) is 24.9. The molecule has 0 spiro atoms. The van der Waals surface area contributed by atoms with Crippen LogP contribution in [0.2, 0.25) is 5.02 Å². The molecule has 0 aliphatic heterocycles. The van der Waals surface area contributed by atoms with Gasteiger partial charge in [0.1, 0.15) is 22.9 Å². The summed E-state index contributed by atoms with van der Waals surface area (Å²) >= 11 is 5.93. The maximum absolute atomic E-state index is 14.7. The summed E-state index contributed by atoms with van der Waals surface area (Å²) in [5.41, 5.74) is -0.940. The van der Waals surface area contributed by atoms with Crippen molar-refractivity contribution in [1.82, 2.24) is 4.57 Å². The zero-order valence-corrected chi connectivity index (χ0v) is 20.9. The molecule has 0 atom stereocenters. The smallest absolute Gasteiger partial charge is 0.546 e. The Hall–Kier alpha value is -4.05. The fraction of sp³-hybridized carbons (Fsp3) is 0.185. The minimum Gasteiger partial charge on any atom is -0.546 e. The number of hydrogen-bond donors (Lipinski definition) is 0. The van der Waals surface area contributed by atoms with Gasteiger partial charge in [-0.25, -0.2) is 4.39 Å². The average Bonchev–Trinajstić information content (AvgIpc) is 3.08. The lowest BCUT2D eigenvalue weighted by Crippen LogP contribution is -2.47. The van der Waals surface area contributed by atoms with Crippen molar-refractivity contribution >= 4 is 34.3 Å². The van der Waals surface area contributed by atoms with E-state index in [1.54, 1.807) is 6.92 Å². The number of hydrogen-bond acceptors (Lipinski definition) is 5. The van der Waals surface area contributed by atoms with Crippen molar-refractivity contribution < 1.29 is 41.7 Å². The molecule has 1 heterocycles. The number of benzene rings is 3. The highest BCUT2D eigenvalue weighted by Crippen LogP contribution is 2.36. The number of nitrogens with zero attached hydrogens (tertiary/aromatic N) is 1. The Kier molecular flexibility index (Phi) is 6.88. The van der Waals surface area contributed by atoms with E-state index in [9.17, 15) is 32.3 Å². The van der Waals surface area contributed by atoms with Crippen molar-refractivity contribution in [2.75, 3.05) is 0 Å². The predicted molar refractivity (Wildman–Crippen MR) is 129 cm³/mol. The quantitative estimate of drug-likeness (QED) is 0.216. The van der Waals surface area contributed by atoms with Crippen LogP contribution < -0.4 is 14.6 Å². The van der Waals surface area contributed by atoms with E-state index >= 15 is 0 Å². The van der Waals surface area contributed by atoms with Crippen molar-refractivity contribution in [3.63, 3.8) is 0 Å². The van der Waals surface area contributed by atoms with Gasteiger partial charge in [-0.05, 0) is 63.2 Å². The second kappa shape index (κ2) is 9.68. The topological polar surface area (TPSA) is 80.6 Å². The summed E-state index contributed by atoms with van der Waals surface area (Å²) in [5, 5.41) is 12.1. The summed E-state index contributed by atoms with van der Waals surface area (Å²) in [6.45, 7) is 3.98. The normalized spacial score (nSPS) is 12.0. The maximum atomic E-state index is 14.7. The van der Waals surface area contributed by atoms with Crippen LogP contribution in [0.15, 0.2) is 60.7 Å². The number of carbonyl (C=O) groups excluding carboxylic acids is 2. The molecule has 6 nitrogen and oxygen atoms in total. The van der Waals surface area contributed by atoms with Gasteiger partial charge in [-0.15, -0.1) is 13.2 Å². The van der Waals surface area contributed by atoms with E-state index in [0.717, 1.165) is 24.3 Å². The van der Waals surface area contributed by atoms with Crippen LogP contribution in [0.1, 0.15) is 35.5 Å². The van der Waals surface area contributed by atoms with Gasteiger partial charge < -0.3 is 23.9 Å². The van der Waals surface area contributed by atoms with Crippen molar-refractivity contribution in [2.24, 2.45) is 0 Å². The minimum absolute atomic E-state index is 0.0657. The van der Waals surface area contributed by atoms with Gasteiger partial charge >= 0.3 is 6.36 Å². The molecule has 0 saturated heterocycles. The molecule has 3 aromatic carbocycles. The lowest BCUT2D eigenvalue weighted by atomic mass is 10.0. The van der Waals surface area contributed by atoms with Crippen LogP contribution in [0, 0.1) is 12.7 Å². The van der Waals surface area contributed by atoms with Crippen molar-refractivity contribution in [3.8, 4) is 17.2 Å². The first-order chi connectivity index (χ1) is 17.7. The third-order valence-electron chi connectivity index (χ3n) is 5.72. The standard InChI is InChI=1S/C27H20ClF4NO5/c1-14-23(24(34)15-4-6-16(28)7-5-15)21-9-8-19(38-27(30,31)32)13-22(21)33(14)18-10-17(29)11-20(12-18)37-26(2,3)25(35)36/h4-13H,1-3H3,(H,35,36)/p-1. The first-order valence-corrected chi connectivity index (χ1v) is 11.5. The van der Waals surface area contributed by atoms with Crippen molar-refractivity contribution in [2.45, 2.75) is 32.7 Å². The van der Waals surface area contributed by atoms with Gasteiger partial charge in [-0.2, -0.15) is 0 Å². The molecule has 0 radical (unpaired) electrons. The van der Waals surface area contributed by atoms with Crippen LogP contribution in [-0.4, -0.2) is 28.3 Å². The molecule has 38 heavy (non-hydrogen) atoms. The molecule has 1 aromatic heterocycles. The minimum atomic E-state index is -4.97. The number of fused-ring (bicyclic) bond motifs is 1. The molecule has 0 amide bonds. The Morgan fingerprint density at radius 2 is 1.58 bits per heavy atom. The number of alkyl halides is 3. The fourth-order valence-electron chi connectivity index (χ4n) is 4.03. The van der Waals surface area contributed by atoms with Gasteiger partial charge in [-0.3, -0.25) is 4.79 Å². The monoisotopic (exact) mass is 548 g/mol. The van der Waals surface area contributed by atoms with Crippen LogP contribution in [0.25, 0.3) is 16.6 Å². The van der Waals surface area contributed by atoms with Gasteiger partial charge in [-0.1, -0.05) is 11.6 Å². The van der Waals surface area contributed by atoms with Crippen molar-refractivity contribution in [1.29, 1.82) is 0 Å². The molecule has 0 unspecified atom stereocenters. The molecule has 4 rings (SSSR count). The van der Waals surface area contributed by atoms with Gasteiger partial charge in [0.15, 0.2) is 5.78 Å². The molecule has 0 aliphatic rings. The molecule has 11 heteroatoms. The predicted octanol–water partition coefficient (Wildman–Crippen LogP) is 5.77. The Labute approximate surface area is 219 Å². The van der Waals surface area contributed by atoms with Gasteiger partial charge in [0, 0.05) is 39.9 Å². The summed E-state index contributed by atoms with van der Waals surface area (Å²) in [5.74, 6) is -3.54. The van der Waals surface area contributed by atoms with Crippen LogP contribution in [0.3, 0.4) is 0 Å². The van der Waals surface area contributed by atoms with Crippen LogP contribution >= 0.6 is 11.6 Å². The second-order valence-corrected chi connectivity index (χ2v) is 9.34. The van der Waals surface area contributed by atoms with Gasteiger partial charge in [0.05, 0.1) is 22.7 Å². The largest absolute Gasteiger partial charge is 0.573 e. The Balaban J connectivity index is 1.96. The number of carboxylic acids is 1. The summed E-state index contributed by atoms with van der Waals surface area (Å²) < 4.78 is 64.4. The van der Waals surface area contributed by atoms with E-state index in [2.05, 4.69) is 4.74 Å². The fourth-order valence-corrected chi connectivity index (χ4v) is 4.16. The van der Waals surface area contributed by atoms with E-state index in [1.807, 2.05) is 0 Å². The number of ether oxygens (including phenoxy) is 2. The van der Waals surface area contributed by atoms with Crippen molar-refractivity contribution in [3.05, 3.63) is 88.3 Å². The molecular weight excluding hydrogens is 530 g/mol. The number of carboxylic acid groups (broad SMARTS) is 1. The number of rotatable bonds is 7. The van der Waals surface area contributed by atoms with Crippen LogP contribution in [0.5, 0.6) is 11.5 Å².